The number of rotatable bonds is 2. The molecule has 2 aromatic rings. The smallest absolute Gasteiger partial charge is 0.161 e. The van der Waals surface area contributed by atoms with Gasteiger partial charge in [-0.15, -0.1) is 11.3 Å². The second kappa shape index (κ2) is 4.21. The van der Waals surface area contributed by atoms with Crippen LogP contribution in [0.4, 0.5) is 0 Å². The fourth-order valence-electron chi connectivity index (χ4n) is 1.25. The van der Waals surface area contributed by atoms with Crippen LogP contribution in [0.25, 0.3) is 10.7 Å². The van der Waals surface area contributed by atoms with Crippen molar-refractivity contribution >= 4 is 17.6 Å². The number of aryl methyl sites for hydroxylation is 1. The molecule has 16 heavy (non-hydrogen) atoms. The van der Waals surface area contributed by atoms with Crippen molar-refractivity contribution in [3.05, 3.63) is 34.5 Å². The number of pyridine rings is 1. The molecule has 0 saturated carbocycles. The second-order valence-corrected chi connectivity index (χ2v) is 4.24. The molecular formula is C11H7N3OS. The summed E-state index contributed by atoms with van der Waals surface area (Å²) in [5, 5.41) is 9.46. The van der Waals surface area contributed by atoms with Gasteiger partial charge < -0.3 is 0 Å². The Kier molecular flexibility index (Phi) is 2.75. The van der Waals surface area contributed by atoms with E-state index in [1.165, 1.54) is 23.7 Å². The Morgan fingerprint density at radius 1 is 1.44 bits per heavy atom. The Balaban J connectivity index is 2.45. The number of nitrogens with zero attached hydrogens (tertiary/aromatic N) is 3. The number of carbonyl (C=O) groups is 1. The van der Waals surface area contributed by atoms with Crippen molar-refractivity contribution in [2.75, 3.05) is 0 Å². The summed E-state index contributed by atoms with van der Waals surface area (Å²) in [6.07, 6.45) is 3.80. The van der Waals surface area contributed by atoms with Gasteiger partial charge in [0.05, 0.1) is 16.1 Å². The van der Waals surface area contributed by atoms with Crippen LogP contribution in [0.2, 0.25) is 0 Å². The lowest BCUT2D eigenvalue weighted by atomic mass is 10.1. The zero-order chi connectivity index (χ0) is 11.5. The fraction of sp³-hybridized carbons (Fsp3) is 0.0909. The molecular weight excluding hydrogens is 222 g/mol. The zero-order valence-corrected chi connectivity index (χ0v) is 9.28. The summed E-state index contributed by atoms with van der Waals surface area (Å²) in [5.74, 6) is 0. The molecule has 0 aliphatic heterocycles. The maximum atomic E-state index is 10.5. The molecule has 2 aromatic heterocycles. The molecule has 0 radical (unpaired) electrons. The van der Waals surface area contributed by atoms with E-state index in [1.54, 1.807) is 6.07 Å². The minimum absolute atomic E-state index is 0.552. The molecule has 0 aliphatic carbocycles. The average Bonchev–Trinajstić information content (AvgIpc) is 2.77. The Morgan fingerprint density at radius 3 is 2.81 bits per heavy atom. The average molecular weight is 229 g/mol. The molecule has 0 aromatic carbocycles. The van der Waals surface area contributed by atoms with Crippen LogP contribution >= 0.6 is 11.3 Å². The number of hydrogen-bond acceptors (Lipinski definition) is 5. The standard InChI is InChI=1S/C11H7N3OS/c1-7-2-10(13-4-8(7)3-12)11-14-5-9(6-15)16-11/h2,4-6H,1H3. The summed E-state index contributed by atoms with van der Waals surface area (Å²) in [6, 6.07) is 3.85. The van der Waals surface area contributed by atoms with Crippen LogP contribution < -0.4 is 0 Å². The number of aromatic nitrogens is 2. The number of nitriles is 1. The Hall–Kier alpha value is -2.06. The molecule has 78 valence electrons. The summed E-state index contributed by atoms with van der Waals surface area (Å²) < 4.78 is 0. The zero-order valence-electron chi connectivity index (χ0n) is 8.47. The van der Waals surface area contributed by atoms with Crippen molar-refractivity contribution in [1.29, 1.82) is 5.26 Å². The minimum Gasteiger partial charge on any atom is -0.297 e. The van der Waals surface area contributed by atoms with Gasteiger partial charge in [-0.3, -0.25) is 9.78 Å². The van der Waals surface area contributed by atoms with E-state index in [2.05, 4.69) is 16.0 Å². The summed E-state index contributed by atoms with van der Waals surface area (Å²) >= 11 is 1.28. The third-order valence-corrected chi connectivity index (χ3v) is 3.04. The van der Waals surface area contributed by atoms with E-state index in [1.807, 2.05) is 6.92 Å². The lowest BCUT2D eigenvalue weighted by Gasteiger charge is -1.98. The van der Waals surface area contributed by atoms with Gasteiger partial charge >= 0.3 is 0 Å². The topological polar surface area (TPSA) is 66.6 Å². The molecule has 2 heterocycles. The number of carbonyl (C=O) groups excluding carboxylic acids is 1. The predicted molar refractivity (Wildman–Crippen MR) is 60.2 cm³/mol. The Bertz CT molecular complexity index is 583. The first-order valence-corrected chi connectivity index (χ1v) is 5.34. The first-order chi connectivity index (χ1) is 7.74. The predicted octanol–water partition coefficient (Wildman–Crippen LogP) is 2.20. The van der Waals surface area contributed by atoms with Crippen LogP contribution in [0.1, 0.15) is 20.8 Å². The Labute approximate surface area is 96.2 Å². The van der Waals surface area contributed by atoms with Gasteiger partial charge in [-0.2, -0.15) is 5.26 Å². The molecule has 0 N–H and O–H groups in total. The van der Waals surface area contributed by atoms with Crippen LogP contribution in [0.5, 0.6) is 0 Å². The highest BCUT2D eigenvalue weighted by molar-refractivity contribution is 7.16. The van der Waals surface area contributed by atoms with E-state index >= 15 is 0 Å². The summed E-state index contributed by atoms with van der Waals surface area (Å²) in [6.45, 7) is 1.85. The Morgan fingerprint density at radius 2 is 2.25 bits per heavy atom. The first kappa shape index (κ1) is 10.5. The van der Waals surface area contributed by atoms with E-state index in [0.717, 1.165) is 11.8 Å². The van der Waals surface area contributed by atoms with Crippen molar-refractivity contribution in [2.45, 2.75) is 6.92 Å². The van der Waals surface area contributed by atoms with Crippen LogP contribution in [-0.2, 0) is 0 Å². The van der Waals surface area contributed by atoms with Crippen molar-refractivity contribution < 1.29 is 4.79 Å². The van der Waals surface area contributed by atoms with Crippen LogP contribution in [-0.4, -0.2) is 16.3 Å². The second-order valence-electron chi connectivity index (χ2n) is 3.18. The maximum Gasteiger partial charge on any atom is 0.161 e. The van der Waals surface area contributed by atoms with Crippen molar-refractivity contribution in [3.8, 4) is 16.8 Å². The molecule has 2 rings (SSSR count). The summed E-state index contributed by atoms with van der Waals surface area (Å²) in [4.78, 5) is 19.3. The number of thiazole rings is 1. The molecule has 4 nitrogen and oxygen atoms in total. The lowest BCUT2D eigenvalue weighted by Crippen LogP contribution is -1.88. The highest BCUT2D eigenvalue weighted by Gasteiger charge is 2.07. The maximum absolute atomic E-state index is 10.5. The van der Waals surface area contributed by atoms with Gasteiger partial charge in [0.15, 0.2) is 6.29 Å². The van der Waals surface area contributed by atoms with Crippen molar-refractivity contribution in [3.63, 3.8) is 0 Å². The van der Waals surface area contributed by atoms with Crippen molar-refractivity contribution in [1.82, 2.24) is 9.97 Å². The van der Waals surface area contributed by atoms with E-state index in [-0.39, 0.29) is 0 Å². The third-order valence-electron chi connectivity index (χ3n) is 2.09. The number of aldehydes is 1. The minimum atomic E-state index is 0.552. The molecule has 0 bridgehead atoms. The van der Waals surface area contributed by atoms with Crippen molar-refractivity contribution in [2.24, 2.45) is 0 Å². The quantitative estimate of drug-likeness (QED) is 0.740. The number of hydrogen-bond donors (Lipinski definition) is 0. The first-order valence-electron chi connectivity index (χ1n) is 4.52. The van der Waals surface area contributed by atoms with Gasteiger partial charge in [0.1, 0.15) is 11.1 Å². The molecule has 0 atom stereocenters. The fourth-order valence-corrected chi connectivity index (χ4v) is 1.95. The lowest BCUT2D eigenvalue weighted by molar-refractivity contribution is 0.112. The van der Waals surface area contributed by atoms with Gasteiger partial charge in [0.2, 0.25) is 0 Å². The summed E-state index contributed by atoms with van der Waals surface area (Å²) in [5.41, 5.74) is 2.10. The highest BCUT2D eigenvalue weighted by Crippen LogP contribution is 2.23. The largest absolute Gasteiger partial charge is 0.297 e. The van der Waals surface area contributed by atoms with Gasteiger partial charge in [0.25, 0.3) is 0 Å². The normalized spacial score (nSPS) is 9.75. The third kappa shape index (κ3) is 1.83. The van der Waals surface area contributed by atoms with Crippen LogP contribution in [0.3, 0.4) is 0 Å². The highest BCUT2D eigenvalue weighted by atomic mass is 32.1. The molecule has 0 unspecified atom stereocenters. The molecule has 0 amide bonds. The van der Waals surface area contributed by atoms with Gasteiger partial charge in [-0.25, -0.2) is 4.98 Å². The van der Waals surface area contributed by atoms with Crippen LogP contribution in [0, 0.1) is 18.3 Å². The molecule has 0 aliphatic rings. The van der Waals surface area contributed by atoms with E-state index in [0.29, 0.717) is 21.1 Å². The van der Waals surface area contributed by atoms with Gasteiger partial charge in [0, 0.05) is 12.4 Å². The molecule has 0 saturated heterocycles. The molecule has 0 fully saturated rings. The van der Waals surface area contributed by atoms with Crippen LogP contribution in [0.15, 0.2) is 18.5 Å². The SMILES string of the molecule is Cc1cc(-c2ncc(C=O)s2)ncc1C#N. The van der Waals surface area contributed by atoms with E-state index in [9.17, 15) is 4.79 Å². The molecule has 0 spiro atoms. The van der Waals surface area contributed by atoms with E-state index < -0.39 is 0 Å². The van der Waals surface area contributed by atoms with E-state index in [4.69, 9.17) is 5.26 Å². The summed E-state index contributed by atoms with van der Waals surface area (Å²) in [7, 11) is 0. The van der Waals surface area contributed by atoms with Gasteiger partial charge in [-0.05, 0) is 18.6 Å². The van der Waals surface area contributed by atoms with Gasteiger partial charge in [-0.1, -0.05) is 0 Å². The molecule has 5 heteroatoms. The monoisotopic (exact) mass is 229 g/mol.